The molecule has 0 aromatic carbocycles. The molecule has 2 atom stereocenters. The average Bonchev–Trinajstić information content (AvgIpc) is 3.09. The van der Waals surface area contributed by atoms with Gasteiger partial charge in [0.05, 0.1) is 12.0 Å². The highest BCUT2D eigenvalue weighted by Gasteiger charge is 2.35. The highest BCUT2D eigenvalue weighted by atomic mass is 16.5. The molecule has 3 rings (SSSR count). The average molecular weight is 291 g/mol. The summed E-state index contributed by atoms with van der Waals surface area (Å²) in [6, 6.07) is 2.05. The zero-order valence-electron chi connectivity index (χ0n) is 12.8. The van der Waals surface area contributed by atoms with Gasteiger partial charge >= 0.3 is 0 Å². The van der Waals surface area contributed by atoms with Crippen LogP contribution in [0, 0.1) is 5.92 Å². The van der Waals surface area contributed by atoms with Gasteiger partial charge in [-0.1, -0.05) is 6.92 Å². The summed E-state index contributed by atoms with van der Waals surface area (Å²) < 4.78 is 5.77. The van der Waals surface area contributed by atoms with Crippen LogP contribution in [0.1, 0.15) is 50.6 Å². The van der Waals surface area contributed by atoms with Crippen LogP contribution < -0.4 is 0 Å². The van der Waals surface area contributed by atoms with Gasteiger partial charge < -0.3 is 9.64 Å². The first-order valence-corrected chi connectivity index (χ1v) is 8.19. The molecule has 0 radical (unpaired) electrons. The number of hydrogen-bond acceptors (Lipinski definition) is 3. The second-order valence-corrected chi connectivity index (χ2v) is 6.18. The lowest BCUT2D eigenvalue weighted by atomic mass is 9.88. The monoisotopic (exact) mass is 291 g/mol. The second-order valence-electron chi connectivity index (χ2n) is 6.18. The number of ether oxygens (including phenoxy) is 1. The van der Waals surface area contributed by atoms with Crippen molar-refractivity contribution in [3.63, 3.8) is 0 Å². The van der Waals surface area contributed by atoms with E-state index in [0.717, 1.165) is 51.8 Å². The maximum absolute atomic E-state index is 12.7. The Morgan fingerprint density at radius 1 is 1.43 bits per heavy atom. The molecule has 1 aromatic heterocycles. The molecule has 5 heteroatoms. The minimum absolute atomic E-state index is 0.0763. The van der Waals surface area contributed by atoms with E-state index in [2.05, 4.69) is 22.0 Å². The van der Waals surface area contributed by atoms with Crippen LogP contribution in [-0.2, 0) is 9.53 Å². The van der Waals surface area contributed by atoms with Crippen LogP contribution in [0.4, 0.5) is 0 Å². The number of hydrogen-bond donors (Lipinski definition) is 1. The van der Waals surface area contributed by atoms with E-state index in [-0.39, 0.29) is 12.0 Å². The highest BCUT2D eigenvalue weighted by molar-refractivity contribution is 5.79. The predicted octanol–water partition coefficient (Wildman–Crippen LogP) is 2.32. The van der Waals surface area contributed by atoms with Crippen LogP contribution in [0.25, 0.3) is 0 Å². The molecule has 1 amide bonds. The molecular weight excluding hydrogens is 266 g/mol. The lowest BCUT2D eigenvalue weighted by molar-refractivity contribution is -0.146. The summed E-state index contributed by atoms with van der Waals surface area (Å²) in [5, 5.41) is 7.08. The predicted molar refractivity (Wildman–Crippen MR) is 79.9 cm³/mol. The molecule has 2 aliphatic rings. The normalized spacial score (nSPS) is 27.8. The third-order valence-corrected chi connectivity index (χ3v) is 4.93. The Bertz CT molecular complexity index is 452. The number of rotatable bonds is 3. The van der Waals surface area contributed by atoms with E-state index in [4.69, 9.17) is 4.74 Å². The van der Waals surface area contributed by atoms with Crippen molar-refractivity contribution in [1.29, 1.82) is 0 Å². The van der Waals surface area contributed by atoms with Crippen molar-refractivity contribution in [3.8, 4) is 0 Å². The first kappa shape index (κ1) is 14.6. The summed E-state index contributed by atoms with van der Waals surface area (Å²) in [6.07, 6.45) is 6.90. The third-order valence-electron chi connectivity index (χ3n) is 4.93. The molecule has 3 heterocycles. The number of nitrogens with one attached hydrogen (secondary N) is 1. The maximum atomic E-state index is 12.7. The molecule has 21 heavy (non-hydrogen) atoms. The van der Waals surface area contributed by atoms with E-state index in [0.29, 0.717) is 11.8 Å². The number of aromatic amines is 1. The van der Waals surface area contributed by atoms with E-state index < -0.39 is 0 Å². The van der Waals surface area contributed by atoms with Crippen molar-refractivity contribution in [3.05, 3.63) is 18.0 Å². The summed E-state index contributed by atoms with van der Waals surface area (Å²) in [6.45, 7) is 4.63. The van der Waals surface area contributed by atoms with E-state index in [1.54, 1.807) is 6.20 Å². The van der Waals surface area contributed by atoms with Gasteiger partial charge in [0.2, 0.25) is 5.91 Å². The highest BCUT2D eigenvalue weighted by Crippen LogP contribution is 2.30. The van der Waals surface area contributed by atoms with Crippen LogP contribution in [0.2, 0.25) is 0 Å². The number of carbonyl (C=O) groups excluding carboxylic acids is 1. The summed E-state index contributed by atoms with van der Waals surface area (Å²) in [5.74, 6) is 0.901. The van der Waals surface area contributed by atoms with Gasteiger partial charge in [-0.3, -0.25) is 9.89 Å². The molecular formula is C16H25N3O2. The number of piperidine rings is 1. The van der Waals surface area contributed by atoms with Crippen molar-refractivity contribution >= 4 is 5.91 Å². The molecule has 2 fully saturated rings. The van der Waals surface area contributed by atoms with Gasteiger partial charge in [0.1, 0.15) is 0 Å². The molecule has 116 valence electrons. The van der Waals surface area contributed by atoms with E-state index in [9.17, 15) is 4.79 Å². The Morgan fingerprint density at radius 2 is 2.24 bits per heavy atom. The topological polar surface area (TPSA) is 58.2 Å². The van der Waals surface area contributed by atoms with Crippen molar-refractivity contribution < 1.29 is 9.53 Å². The Kier molecular flexibility index (Phi) is 4.58. The molecule has 0 bridgehead atoms. The second kappa shape index (κ2) is 6.60. The molecule has 2 saturated heterocycles. The quantitative estimate of drug-likeness (QED) is 0.930. The van der Waals surface area contributed by atoms with Crippen molar-refractivity contribution in [2.75, 3.05) is 19.7 Å². The minimum Gasteiger partial charge on any atom is -0.377 e. The van der Waals surface area contributed by atoms with Crippen molar-refractivity contribution in [2.45, 2.75) is 51.0 Å². The lowest BCUT2D eigenvalue weighted by Gasteiger charge is -2.37. The number of aromatic nitrogens is 2. The zero-order valence-corrected chi connectivity index (χ0v) is 12.8. The Morgan fingerprint density at radius 3 is 2.90 bits per heavy atom. The molecule has 5 nitrogen and oxygen atoms in total. The SMILES string of the molecule is CCC1OCCCC1C(=O)N1CCC(c2ccn[nH]2)CC1. The van der Waals surface area contributed by atoms with Crippen molar-refractivity contribution in [2.24, 2.45) is 5.92 Å². The lowest BCUT2D eigenvalue weighted by Crippen LogP contribution is -2.46. The van der Waals surface area contributed by atoms with Gasteiger partial charge in [-0.25, -0.2) is 0 Å². The number of amides is 1. The molecule has 2 aliphatic heterocycles. The Labute approximate surface area is 126 Å². The van der Waals surface area contributed by atoms with E-state index in [1.807, 2.05) is 6.07 Å². The summed E-state index contributed by atoms with van der Waals surface area (Å²) in [7, 11) is 0. The number of nitrogens with zero attached hydrogens (tertiary/aromatic N) is 2. The fraction of sp³-hybridized carbons (Fsp3) is 0.750. The van der Waals surface area contributed by atoms with Crippen LogP contribution in [0.5, 0.6) is 0 Å². The molecule has 0 saturated carbocycles. The van der Waals surface area contributed by atoms with E-state index >= 15 is 0 Å². The van der Waals surface area contributed by atoms with Gasteiger partial charge in [-0.15, -0.1) is 0 Å². The van der Waals surface area contributed by atoms with Crippen LogP contribution in [0.15, 0.2) is 12.3 Å². The minimum atomic E-state index is 0.0763. The van der Waals surface area contributed by atoms with Crippen LogP contribution in [-0.4, -0.2) is 46.8 Å². The van der Waals surface area contributed by atoms with Gasteiger partial charge in [-0.2, -0.15) is 5.10 Å². The zero-order chi connectivity index (χ0) is 14.7. The first-order valence-electron chi connectivity index (χ1n) is 8.19. The maximum Gasteiger partial charge on any atom is 0.228 e. The summed E-state index contributed by atoms with van der Waals surface area (Å²) >= 11 is 0. The van der Waals surface area contributed by atoms with Gasteiger partial charge in [0, 0.05) is 37.5 Å². The fourth-order valence-corrected chi connectivity index (χ4v) is 3.66. The molecule has 0 spiro atoms. The smallest absolute Gasteiger partial charge is 0.228 e. The largest absolute Gasteiger partial charge is 0.377 e. The van der Waals surface area contributed by atoms with Gasteiger partial charge in [0.25, 0.3) is 0 Å². The fourth-order valence-electron chi connectivity index (χ4n) is 3.66. The number of likely N-dealkylation sites (tertiary alicyclic amines) is 1. The van der Waals surface area contributed by atoms with Crippen molar-refractivity contribution in [1.82, 2.24) is 15.1 Å². The standard InChI is InChI=1S/C16H25N3O2/c1-2-15-13(4-3-11-21-15)16(20)19-9-6-12(7-10-19)14-5-8-17-18-14/h5,8,12-13,15H,2-4,6-7,9-11H2,1H3,(H,17,18). The summed E-state index contributed by atoms with van der Waals surface area (Å²) in [5.41, 5.74) is 1.20. The Balaban J connectivity index is 1.57. The number of H-pyrrole nitrogens is 1. The van der Waals surface area contributed by atoms with Crippen LogP contribution in [0.3, 0.4) is 0 Å². The van der Waals surface area contributed by atoms with Gasteiger partial charge in [0.15, 0.2) is 0 Å². The van der Waals surface area contributed by atoms with E-state index in [1.165, 1.54) is 5.69 Å². The van der Waals surface area contributed by atoms with Gasteiger partial charge in [-0.05, 0) is 38.2 Å². The number of carbonyl (C=O) groups is 1. The Hall–Kier alpha value is -1.36. The molecule has 1 aromatic rings. The summed E-state index contributed by atoms with van der Waals surface area (Å²) in [4.78, 5) is 14.8. The van der Waals surface area contributed by atoms with Crippen LogP contribution >= 0.6 is 0 Å². The molecule has 0 aliphatic carbocycles. The molecule has 1 N–H and O–H groups in total. The molecule has 2 unspecified atom stereocenters. The third kappa shape index (κ3) is 3.12. The first-order chi connectivity index (χ1) is 10.3.